The fourth-order valence-electron chi connectivity index (χ4n) is 6.57. The number of hydrogen-bond donors (Lipinski definition) is 4. The van der Waals surface area contributed by atoms with E-state index in [9.17, 15) is 33.3 Å². The number of nitrogens with zero attached hydrogens (tertiary/aromatic N) is 2. The number of nitrogens with one attached hydrogen (secondary N) is 1. The van der Waals surface area contributed by atoms with E-state index in [1.165, 1.54) is 25.6 Å². The highest BCUT2D eigenvalue weighted by Gasteiger charge is 2.43. The Hall–Kier alpha value is -4.77. The second-order valence-electron chi connectivity index (χ2n) is 14.0. The van der Waals surface area contributed by atoms with Crippen molar-refractivity contribution in [3.8, 4) is 28.4 Å². The summed E-state index contributed by atoms with van der Waals surface area (Å²) in [6.07, 6.45) is 4.87. The molecule has 2 heterocycles. The van der Waals surface area contributed by atoms with Crippen molar-refractivity contribution in [3.05, 3.63) is 99.8 Å². The lowest BCUT2D eigenvalue weighted by Gasteiger charge is -2.21. The number of likely N-dealkylation sites (tertiary alicyclic amines) is 1. The average molecular weight is 826 g/mol. The molecule has 5 rings (SSSR count). The van der Waals surface area contributed by atoms with Gasteiger partial charge in [-0.1, -0.05) is 41.9 Å². The highest BCUT2D eigenvalue weighted by Crippen LogP contribution is 2.36. The Morgan fingerprint density at radius 1 is 0.965 bits per heavy atom. The van der Waals surface area contributed by atoms with Crippen LogP contribution in [0, 0.1) is 13.8 Å². The number of carbonyl (C=O) groups is 2. The number of halogens is 1. The van der Waals surface area contributed by atoms with E-state index in [2.05, 4.69) is 10.3 Å². The van der Waals surface area contributed by atoms with Gasteiger partial charge in [-0.05, 0) is 66.3 Å². The number of ether oxygens (including phenoxy) is 4. The average Bonchev–Trinajstić information content (AvgIpc) is 3.57. The van der Waals surface area contributed by atoms with Crippen molar-refractivity contribution in [1.82, 2.24) is 15.2 Å². The molecule has 1 fully saturated rings. The van der Waals surface area contributed by atoms with Gasteiger partial charge < -0.3 is 34.3 Å². The number of methoxy groups -OCH3 is 1. The third-order valence-electron chi connectivity index (χ3n) is 9.90. The van der Waals surface area contributed by atoms with Crippen LogP contribution in [0.15, 0.2) is 71.9 Å². The van der Waals surface area contributed by atoms with E-state index in [1.807, 2.05) is 55.1 Å². The molecule has 0 bridgehead atoms. The summed E-state index contributed by atoms with van der Waals surface area (Å²) >= 11 is 6.70. The third-order valence-corrected chi connectivity index (χ3v) is 11.3. The van der Waals surface area contributed by atoms with Crippen LogP contribution in [-0.4, -0.2) is 103 Å². The Kier molecular flexibility index (Phi) is 14.5. The molecule has 1 aromatic heterocycles. The first kappa shape index (κ1) is 43.4. The van der Waals surface area contributed by atoms with Crippen LogP contribution in [0.5, 0.6) is 17.2 Å². The molecule has 3 aromatic carbocycles. The van der Waals surface area contributed by atoms with Gasteiger partial charge in [-0.3, -0.25) is 20.0 Å². The summed E-state index contributed by atoms with van der Waals surface area (Å²) in [5, 5.41) is 32.5. The van der Waals surface area contributed by atoms with Crippen LogP contribution in [0.2, 0.25) is 5.02 Å². The van der Waals surface area contributed by atoms with Crippen molar-refractivity contribution >= 4 is 33.4 Å². The van der Waals surface area contributed by atoms with Gasteiger partial charge in [-0.15, -0.1) is 0 Å². The molecule has 0 saturated carbocycles. The Bertz CT molecular complexity index is 2190. The molecule has 0 spiro atoms. The molecule has 306 valence electrons. The number of aromatic nitrogens is 1. The van der Waals surface area contributed by atoms with Crippen LogP contribution in [-0.2, 0) is 43.9 Å². The highest BCUT2D eigenvalue weighted by molar-refractivity contribution is 7.90. The molecule has 0 aliphatic carbocycles. The van der Waals surface area contributed by atoms with Gasteiger partial charge in [0.1, 0.15) is 36.5 Å². The molecule has 2 atom stereocenters. The zero-order valence-electron chi connectivity index (χ0n) is 32.3. The van der Waals surface area contributed by atoms with E-state index in [0.717, 1.165) is 39.8 Å². The molecule has 16 heteroatoms. The zero-order chi connectivity index (χ0) is 41.3. The van der Waals surface area contributed by atoms with Crippen LogP contribution < -0.4 is 19.5 Å². The first-order chi connectivity index (χ1) is 27.1. The molecule has 1 unspecified atom stereocenters. The summed E-state index contributed by atoms with van der Waals surface area (Å²) in [5.74, 6) is -0.479. The molecule has 4 aromatic rings. The maximum atomic E-state index is 12.1. The van der Waals surface area contributed by atoms with Gasteiger partial charge in [-0.2, -0.15) is 0 Å². The number of carboxylic acids is 1. The summed E-state index contributed by atoms with van der Waals surface area (Å²) in [7, 11) is -2.23. The Morgan fingerprint density at radius 2 is 1.68 bits per heavy atom. The predicted octanol–water partition coefficient (Wildman–Crippen LogP) is 4.49. The largest absolute Gasteiger partial charge is 0.493 e. The molecule has 1 aliphatic rings. The highest BCUT2D eigenvalue weighted by atomic mass is 35.5. The minimum atomic E-state index is -3.50. The molecule has 0 radical (unpaired) electrons. The van der Waals surface area contributed by atoms with Gasteiger partial charge in [0.15, 0.2) is 15.4 Å². The molecular formula is C41H48ClN3O11S. The number of carboxylic acid groups (broad SMARTS) is 1. The molecule has 1 saturated heterocycles. The Morgan fingerprint density at radius 3 is 2.39 bits per heavy atom. The summed E-state index contributed by atoms with van der Waals surface area (Å²) in [6.45, 7) is 5.42. The fraction of sp³-hybridized carbons (Fsp3) is 0.390. The van der Waals surface area contributed by atoms with Gasteiger partial charge >= 0.3 is 11.9 Å². The number of sulfone groups is 1. The van der Waals surface area contributed by atoms with Gasteiger partial charge in [0.25, 0.3) is 0 Å². The molecule has 57 heavy (non-hydrogen) atoms. The van der Waals surface area contributed by atoms with Crippen molar-refractivity contribution in [1.29, 1.82) is 0 Å². The number of rotatable bonds is 19. The molecular weight excluding hydrogens is 778 g/mol. The smallest absolute Gasteiger partial charge is 0.339 e. The standard InChI is InChI=1S/C41H48ClN3O11S/c1-26-29(8-5-9-32(26)33-10-6-11-36(27(33)2)54-15-7-13-45-14-12-41(50,25-45)40(49)53-3)24-56-38-18-37(30(17-34(38)42)20-44-35(22-46)39(47)48)55-23-28-16-31(21-43-19-28)57(4,51)52/h5-6,8-11,16-19,21,35,44,46,50H,7,12-15,20,22-25H2,1-4H3,(H,47,48)/t35-,41?/m1/s1. The minimum Gasteiger partial charge on any atom is -0.493 e. The lowest BCUT2D eigenvalue weighted by molar-refractivity contribution is -0.160. The van der Waals surface area contributed by atoms with Crippen molar-refractivity contribution in [2.75, 3.05) is 46.2 Å². The first-order valence-electron chi connectivity index (χ1n) is 18.3. The number of β-amino-alcohol motifs (C(OH)–C–C–N with tert-alkyl or cyclic N) is 1. The van der Waals surface area contributed by atoms with Crippen molar-refractivity contribution in [3.63, 3.8) is 0 Å². The van der Waals surface area contributed by atoms with Crippen molar-refractivity contribution in [2.24, 2.45) is 0 Å². The molecule has 4 N–H and O–H groups in total. The van der Waals surface area contributed by atoms with Crippen LogP contribution in [0.3, 0.4) is 0 Å². The molecule has 14 nitrogen and oxygen atoms in total. The number of aliphatic hydroxyl groups is 2. The molecule has 0 amide bonds. The summed E-state index contributed by atoms with van der Waals surface area (Å²) in [5.41, 5.74) is 4.36. The topological polar surface area (TPSA) is 194 Å². The predicted molar refractivity (Wildman–Crippen MR) is 212 cm³/mol. The Balaban J connectivity index is 1.29. The third kappa shape index (κ3) is 11.0. The van der Waals surface area contributed by atoms with Gasteiger partial charge in [0.05, 0.1) is 30.2 Å². The number of benzene rings is 3. The van der Waals surface area contributed by atoms with E-state index >= 15 is 0 Å². The lowest BCUT2D eigenvalue weighted by atomic mass is 9.93. The van der Waals surface area contributed by atoms with Gasteiger partial charge in [0.2, 0.25) is 0 Å². The normalized spacial score (nSPS) is 16.3. The van der Waals surface area contributed by atoms with Crippen molar-refractivity contribution < 1.29 is 52.3 Å². The number of carbonyl (C=O) groups excluding carboxylic acids is 1. The number of pyridine rings is 1. The second-order valence-corrected chi connectivity index (χ2v) is 16.4. The minimum absolute atomic E-state index is 0.0163. The zero-order valence-corrected chi connectivity index (χ0v) is 33.9. The second kappa shape index (κ2) is 19.1. The monoisotopic (exact) mass is 825 g/mol. The lowest BCUT2D eigenvalue weighted by Crippen LogP contribution is -2.42. The van der Waals surface area contributed by atoms with Gasteiger partial charge in [-0.25, -0.2) is 13.2 Å². The Labute approximate surface area is 337 Å². The fourth-order valence-corrected chi connectivity index (χ4v) is 7.43. The van der Waals surface area contributed by atoms with E-state index in [-0.39, 0.29) is 36.2 Å². The summed E-state index contributed by atoms with van der Waals surface area (Å²) < 4.78 is 47.5. The van der Waals surface area contributed by atoms with Crippen LogP contribution in [0.4, 0.5) is 0 Å². The number of aliphatic carboxylic acids is 1. The number of esters is 1. The summed E-state index contributed by atoms with van der Waals surface area (Å²) in [4.78, 5) is 29.6. The number of hydrogen-bond acceptors (Lipinski definition) is 13. The van der Waals surface area contributed by atoms with Crippen molar-refractivity contribution in [2.45, 2.75) is 63.0 Å². The van der Waals surface area contributed by atoms with E-state index < -0.39 is 40.0 Å². The SMILES string of the molecule is COC(=O)C1(O)CCN(CCCOc2cccc(-c3cccc(COc4cc(OCc5cncc(S(C)(=O)=O)c5)c(CN[C@H](CO)C(=O)O)cc4Cl)c3C)c2C)C1. The van der Waals surface area contributed by atoms with E-state index in [1.54, 1.807) is 12.1 Å². The van der Waals surface area contributed by atoms with Crippen LogP contribution in [0.1, 0.15) is 40.7 Å². The van der Waals surface area contributed by atoms with E-state index in [0.29, 0.717) is 55.2 Å². The maximum Gasteiger partial charge on any atom is 0.339 e. The first-order valence-corrected chi connectivity index (χ1v) is 20.5. The number of aliphatic hydroxyl groups excluding tert-OH is 1. The maximum absolute atomic E-state index is 12.1. The molecule has 1 aliphatic heterocycles. The van der Waals surface area contributed by atoms with Gasteiger partial charge in [0, 0.05) is 68.4 Å². The van der Waals surface area contributed by atoms with E-state index in [4.69, 9.17) is 30.5 Å². The van der Waals surface area contributed by atoms with Crippen LogP contribution in [0.25, 0.3) is 11.1 Å². The summed E-state index contributed by atoms with van der Waals surface area (Å²) in [6, 6.07) is 15.3. The quantitative estimate of drug-likeness (QED) is 0.0763. The van der Waals surface area contributed by atoms with Crippen LogP contribution >= 0.6 is 11.6 Å².